The standard InChI is InChI=1S/C24H31N5O3/c1-15(2)25-24(32)26-20-9-10-21-18-11-16(13-29(21)23(20)31)12-28(14-18)22(30)17-5-7-19(8-6-17)27(3)4/h5-10,15-16,18H,11-14H2,1-4H3,(H2,25,26,32)/t16-,18+/m0/s1. The average molecular weight is 438 g/mol. The number of pyridine rings is 1. The minimum absolute atomic E-state index is 0.0163. The van der Waals surface area contributed by atoms with Crippen LogP contribution in [0, 0.1) is 5.92 Å². The zero-order valence-electron chi connectivity index (χ0n) is 19.1. The van der Waals surface area contributed by atoms with E-state index in [1.54, 1.807) is 10.6 Å². The largest absolute Gasteiger partial charge is 0.378 e. The minimum Gasteiger partial charge on any atom is -0.378 e. The molecular formula is C24H31N5O3. The van der Waals surface area contributed by atoms with Gasteiger partial charge in [-0.05, 0) is 62.6 Å². The molecule has 2 atom stereocenters. The van der Waals surface area contributed by atoms with Gasteiger partial charge >= 0.3 is 6.03 Å². The van der Waals surface area contributed by atoms with Gasteiger partial charge in [0.1, 0.15) is 5.69 Å². The summed E-state index contributed by atoms with van der Waals surface area (Å²) in [6, 6.07) is 10.8. The molecule has 0 unspecified atom stereocenters. The number of amides is 3. The van der Waals surface area contributed by atoms with Crippen LogP contribution in [0.5, 0.6) is 0 Å². The fourth-order valence-electron chi connectivity index (χ4n) is 4.71. The zero-order valence-corrected chi connectivity index (χ0v) is 19.1. The van der Waals surface area contributed by atoms with Crippen LogP contribution in [0.2, 0.25) is 0 Å². The number of anilines is 2. The van der Waals surface area contributed by atoms with Crippen molar-refractivity contribution in [3.8, 4) is 0 Å². The SMILES string of the molecule is CC(C)NC(=O)Nc1ccc2n(c1=O)C[C@H]1C[C@@H]2CN(C(=O)c2ccc(N(C)C)cc2)C1. The number of likely N-dealkylation sites (tertiary alicyclic amines) is 1. The van der Waals surface area contributed by atoms with E-state index in [4.69, 9.17) is 0 Å². The quantitative estimate of drug-likeness (QED) is 0.770. The van der Waals surface area contributed by atoms with Crippen molar-refractivity contribution >= 4 is 23.3 Å². The van der Waals surface area contributed by atoms with E-state index in [1.807, 2.05) is 68.1 Å². The van der Waals surface area contributed by atoms with Crippen molar-refractivity contribution in [1.29, 1.82) is 0 Å². The molecule has 2 bridgehead atoms. The van der Waals surface area contributed by atoms with Crippen LogP contribution < -0.4 is 21.1 Å². The number of carbonyl (C=O) groups excluding carboxylic acids is 2. The molecule has 1 fully saturated rings. The van der Waals surface area contributed by atoms with Gasteiger partial charge < -0.3 is 25.0 Å². The van der Waals surface area contributed by atoms with Gasteiger partial charge in [-0.1, -0.05) is 0 Å². The third-order valence-electron chi connectivity index (χ3n) is 6.19. The molecule has 8 heteroatoms. The second kappa shape index (κ2) is 8.68. The monoisotopic (exact) mass is 437 g/mol. The fourth-order valence-corrected chi connectivity index (χ4v) is 4.71. The summed E-state index contributed by atoms with van der Waals surface area (Å²) < 4.78 is 1.78. The van der Waals surface area contributed by atoms with E-state index >= 15 is 0 Å². The van der Waals surface area contributed by atoms with Crippen molar-refractivity contribution in [2.45, 2.75) is 38.8 Å². The maximum Gasteiger partial charge on any atom is 0.319 e. The van der Waals surface area contributed by atoms with Crippen LogP contribution in [-0.2, 0) is 6.54 Å². The molecule has 0 radical (unpaired) electrons. The number of carbonyl (C=O) groups is 2. The predicted molar refractivity (Wildman–Crippen MR) is 126 cm³/mol. The lowest BCUT2D eigenvalue weighted by Gasteiger charge is -2.43. The highest BCUT2D eigenvalue weighted by atomic mass is 16.2. The Morgan fingerprint density at radius 2 is 1.75 bits per heavy atom. The van der Waals surface area contributed by atoms with E-state index in [0.717, 1.165) is 17.8 Å². The van der Waals surface area contributed by atoms with E-state index in [2.05, 4.69) is 10.6 Å². The Hall–Kier alpha value is -3.29. The first kappa shape index (κ1) is 21.9. The summed E-state index contributed by atoms with van der Waals surface area (Å²) >= 11 is 0. The van der Waals surface area contributed by atoms with E-state index < -0.39 is 0 Å². The molecular weight excluding hydrogens is 406 g/mol. The van der Waals surface area contributed by atoms with E-state index in [9.17, 15) is 14.4 Å². The Morgan fingerprint density at radius 1 is 1.03 bits per heavy atom. The first-order valence-corrected chi connectivity index (χ1v) is 11.1. The Labute approximate surface area is 188 Å². The molecule has 1 aromatic heterocycles. The van der Waals surface area contributed by atoms with Gasteiger partial charge in [0.2, 0.25) is 0 Å². The third-order valence-corrected chi connectivity index (χ3v) is 6.19. The number of nitrogens with one attached hydrogen (secondary N) is 2. The van der Waals surface area contributed by atoms with Crippen LogP contribution in [-0.4, -0.2) is 54.6 Å². The van der Waals surface area contributed by atoms with Gasteiger partial charge in [0.05, 0.1) is 0 Å². The summed E-state index contributed by atoms with van der Waals surface area (Å²) in [4.78, 5) is 42.1. The van der Waals surface area contributed by atoms with Gasteiger partial charge in [-0.2, -0.15) is 0 Å². The summed E-state index contributed by atoms with van der Waals surface area (Å²) in [6.45, 7) is 5.50. The lowest BCUT2D eigenvalue weighted by Crippen LogP contribution is -2.49. The summed E-state index contributed by atoms with van der Waals surface area (Å²) in [6.07, 6.45) is 0.962. The number of fused-ring (bicyclic) bond motifs is 4. The van der Waals surface area contributed by atoms with Crippen molar-refractivity contribution in [3.63, 3.8) is 0 Å². The normalized spacial score (nSPS) is 19.3. The number of piperidine rings is 1. The lowest BCUT2D eigenvalue weighted by atomic mass is 9.83. The predicted octanol–water partition coefficient (Wildman–Crippen LogP) is 2.70. The highest BCUT2D eigenvalue weighted by molar-refractivity contribution is 5.94. The zero-order chi connectivity index (χ0) is 23.0. The van der Waals surface area contributed by atoms with Crippen molar-refractivity contribution in [2.24, 2.45) is 5.92 Å². The summed E-state index contributed by atoms with van der Waals surface area (Å²) in [5.74, 6) is 0.354. The van der Waals surface area contributed by atoms with Crippen LogP contribution >= 0.6 is 0 Å². The van der Waals surface area contributed by atoms with E-state index in [0.29, 0.717) is 25.2 Å². The first-order chi connectivity index (χ1) is 15.2. The molecule has 1 aromatic carbocycles. The minimum atomic E-state index is -0.384. The molecule has 1 saturated heterocycles. The van der Waals surface area contributed by atoms with Crippen LogP contribution in [0.3, 0.4) is 0 Å². The number of nitrogens with zero attached hydrogens (tertiary/aromatic N) is 3. The number of rotatable bonds is 4. The van der Waals surface area contributed by atoms with E-state index in [-0.39, 0.29) is 41.1 Å². The summed E-state index contributed by atoms with van der Waals surface area (Å²) in [7, 11) is 3.94. The Morgan fingerprint density at radius 3 is 2.41 bits per heavy atom. The van der Waals surface area contributed by atoms with Crippen LogP contribution in [0.4, 0.5) is 16.2 Å². The molecule has 0 aliphatic carbocycles. The molecule has 8 nitrogen and oxygen atoms in total. The third kappa shape index (κ3) is 4.35. The molecule has 2 N–H and O–H groups in total. The topological polar surface area (TPSA) is 86.7 Å². The molecule has 2 aliphatic rings. The lowest BCUT2D eigenvalue weighted by molar-refractivity contribution is 0.0594. The molecule has 2 aliphatic heterocycles. The van der Waals surface area contributed by atoms with Gasteiger partial charge in [0.25, 0.3) is 11.5 Å². The van der Waals surface area contributed by atoms with Crippen LogP contribution in [0.25, 0.3) is 0 Å². The fraction of sp³-hybridized carbons (Fsp3) is 0.458. The molecule has 0 spiro atoms. The number of urea groups is 1. The average Bonchev–Trinajstić information content (AvgIpc) is 2.75. The van der Waals surface area contributed by atoms with Gasteiger partial charge in [-0.15, -0.1) is 0 Å². The number of aromatic nitrogens is 1. The Kier molecular flexibility index (Phi) is 5.95. The van der Waals surface area contributed by atoms with Crippen molar-refractivity contribution in [3.05, 3.63) is 58.0 Å². The number of hydrogen-bond donors (Lipinski definition) is 2. The summed E-state index contributed by atoms with van der Waals surface area (Å²) in [5.41, 5.74) is 2.76. The molecule has 2 aromatic rings. The second-order valence-electron chi connectivity index (χ2n) is 9.29. The first-order valence-electron chi connectivity index (χ1n) is 11.1. The smallest absolute Gasteiger partial charge is 0.319 e. The second-order valence-corrected chi connectivity index (χ2v) is 9.29. The highest BCUT2D eigenvalue weighted by Crippen LogP contribution is 2.36. The molecule has 3 amide bonds. The Balaban J connectivity index is 1.52. The van der Waals surface area contributed by atoms with Gasteiger partial charge in [0, 0.05) is 62.6 Å². The van der Waals surface area contributed by atoms with Gasteiger partial charge in [-0.3, -0.25) is 9.59 Å². The highest BCUT2D eigenvalue weighted by Gasteiger charge is 2.37. The molecule has 32 heavy (non-hydrogen) atoms. The van der Waals surface area contributed by atoms with Crippen LogP contribution in [0.15, 0.2) is 41.2 Å². The van der Waals surface area contributed by atoms with Crippen molar-refractivity contribution in [2.75, 3.05) is 37.4 Å². The maximum absolute atomic E-state index is 13.1. The van der Waals surface area contributed by atoms with Crippen LogP contribution in [0.1, 0.15) is 42.2 Å². The molecule has 3 heterocycles. The van der Waals surface area contributed by atoms with Gasteiger partial charge in [0.15, 0.2) is 0 Å². The molecule has 0 saturated carbocycles. The van der Waals surface area contributed by atoms with E-state index in [1.165, 1.54) is 0 Å². The number of benzene rings is 1. The van der Waals surface area contributed by atoms with Crippen molar-refractivity contribution in [1.82, 2.24) is 14.8 Å². The molecule has 4 rings (SSSR count). The summed E-state index contributed by atoms with van der Waals surface area (Å²) in [5, 5.41) is 5.40. The van der Waals surface area contributed by atoms with Crippen molar-refractivity contribution < 1.29 is 9.59 Å². The Bertz CT molecular complexity index is 1070. The van der Waals surface area contributed by atoms with Gasteiger partial charge in [-0.25, -0.2) is 4.79 Å². The maximum atomic E-state index is 13.1. The number of hydrogen-bond acceptors (Lipinski definition) is 4. The molecule has 170 valence electrons.